The number of benzene rings is 1. The highest BCUT2D eigenvalue weighted by atomic mass is 35.5. The number of alkyl halides is 3. The van der Waals surface area contributed by atoms with Gasteiger partial charge in [0.05, 0.1) is 10.7 Å². The van der Waals surface area contributed by atoms with Crippen LogP contribution in [0.3, 0.4) is 0 Å². The van der Waals surface area contributed by atoms with E-state index in [4.69, 9.17) is 21.1 Å². The summed E-state index contributed by atoms with van der Waals surface area (Å²) < 4.78 is 51.1. The van der Waals surface area contributed by atoms with Gasteiger partial charge in [-0.3, -0.25) is 9.48 Å². The fraction of sp³-hybridized carbons (Fsp3) is 0.412. The summed E-state index contributed by atoms with van der Waals surface area (Å²) in [6, 6.07) is 4.89. The molecular weight excluding hydrogens is 387 g/mol. The number of hydrogen-bond acceptors (Lipinski definition) is 4. The third-order valence-corrected chi connectivity index (χ3v) is 4.66. The Kier molecular flexibility index (Phi) is 4.41. The molecule has 27 heavy (non-hydrogen) atoms. The quantitative estimate of drug-likeness (QED) is 0.845. The first-order valence-corrected chi connectivity index (χ1v) is 8.73. The van der Waals surface area contributed by atoms with Crippen molar-refractivity contribution in [3.63, 3.8) is 0 Å². The lowest BCUT2D eigenvalue weighted by Gasteiger charge is -2.19. The van der Waals surface area contributed by atoms with Gasteiger partial charge in [0, 0.05) is 17.7 Å². The molecule has 2 aliphatic rings. The van der Waals surface area contributed by atoms with Gasteiger partial charge in [0.15, 0.2) is 17.2 Å². The second-order valence-corrected chi connectivity index (χ2v) is 6.76. The molecule has 1 aliphatic heterocycles. The predicted molar refractivity (Wildman–Crippen MR) is 90.3 cm³/mol. The lowest BCUT2D eigenvalue weighted by Crippen LogP contribution is -2.21. The van der Waals surface area contributed by atoms with Gasteiger partial charge in [-0.1, -0.05) is 11.6 Å². The zero-order valence-corrected chi connectivity index (χ0v) is 14.7. The maximum absolute atomic E-state index is 13.1. The van der Waals surface area contributed by atoms with E-state index in [1.165, 1.54) is 0 Å². The summed E-state index contributed by atoms with van der Waals surface area (Å²) in [6.07, 6.45) is -3.21. The van der Waals surface area contributed by atoms with Crippen molar-refractivity contribution in [2.75, 3.05) is 18.5 Å². The van der Waals surface area contributed by atoms with Crippen LogP contribution in [0.1, 0.15) is 30.1 Å². The molecular formula is C17H15ClF3N3O3. The molecule has 2 aromatic rings. The van der Waals surface area contributed by atoms with Gasteiger partial charge in [-0.15, -0.1) is 0 Å². The van der Waals surface area contributed by atoms with Gasteiger partial charge >= 0.3 is 6.18 Å². The van der Waals surface area contributed by atoms with E-state index in [2.05, 4.69) is 10.4 Å². The molecule has 6 nitrogen and oxygen atoms in total. The zero-order chi connectivity index (χ0) is 19.2. The van der Waals surface area contributed by atoms with Gasteiger partial charge < -0.3 is 14.8 Å². The molecule has 4 rings (SSSR count). The number of rotatable bonds is 4. The minimum absolute atomic E-state index is 0.0943. The first kappa shape index (κ1) is 18.0. The first-order valence-electron chi connectivity index (χ1n) is 8.36. The summed E-state index contributed by atoms with van der Waals surface area (Å²) in [5.41, 5.74) is -0.439. The maximum atomic E-state index is 13.1. The van der Waals surface area contributed by atoms with Crippen LogP contribution in [0.2, 0.25) is 5.02 Å². The summed E-state index contributed by atoms with van der Waals surface area (Å²) in [4.78, 5) is 12.3. The number of amides is 1. The van der Waals surface area contributed by atoms with E-state index >= 15 is 0 Å². The summed E-state index contributed by atoms with van der Waals surface area (Å²) in [7, 11) is 0. The van der Waals surface area contributed by atoms with Crippen LogP contribution in [0, 0.1) is 0 Å². The zero-order valence-electron chi connectivity index (χ0n) is 14.0. The normalized spacial score (nSPS) is 16.3. The van der Waals surface area contributed by atoms with Crippen molar-refractivity contribution in [3.05, 3.63) is 34.6 Å². The van der Waals surface area contributed by atoms with E-state index in [1.54, 1.807) is 18.2 Å². The minimum atomic E-state index is -4.67. The predicted octanol–water partition coefficient (Wildman–Crippen LogP) is 3.84. The van der Waals surface area contributed by atoms with Crippen LogP contribution in [0.15, 0.2) is 18.2 Å². The van der Waals surface area contributed by atoms with E-state index in [0.717, 1.165) is 17.5 Å². The van der Waals surface area contributed by atoms with Crippen molar-refractivity contribution in [2.24, 2.45) is 0 Å². The summed E-state index contributed by atoms with van der Waals surface area (Å²) in [6.45, 7) is 0.488. The summed E-state index contributed by atoms with van der Waals surface area (Å²) >= 11 is 5.91. The molecule has 1 aromatic carbocycles. The molecule has 1 N–H and O–H groups in total. The van der Waals surface area contributed by atoms with E-state index in [0.29, 0.717) is 30.4 Å². The van der Waals surface area contributed by atoms with E-state index in [1.807, 2.05) is 0 Å². The molecule has 1 fully saturated rings. The lowest BCUT2D eigenvalue weighted by atomic mass is 10.2. The van der Waals surface area contributed by atoms with Crippen LogP contribution in [-0.2, 0) is 17.5 Å². The number of ether oxygens (including phenoxy) is 2. The summed E-state index contributed by atoms with van der Waals surface area (Å²) in [5, 5.41) is 5.76. The van der Waals surface area contributed by atoms with Crippen LogP contribution in [0.25, 0.3) is 0 Å². The number of hydrogen-bond donors (Lipinski definition) is 1. The fourth-order valence-electron chi connectivity index (χ4n) is 2.96. The highest BCUT2D eigenvalue weighted by molar-refractivity contribution is 6.32. The minimum Gasteiger partial charge on any atom is -0.486 e. The Bertz CT molecular complexity index is 894. The van der Waals surface area contributed by atoms with Crippen LogP contribution < -0.4 is 14.8 Å². The molecule has 1 amide bonds. The fourth-order valence-corrected chi connectivity index (χ4v) is 3.36. The highest BCUT2D eigenvalue weighted by Crippen LogP contribution is 2.46. The molecule has 1 aromatic heterocycles. The average molecular weight is 402 g/mol. The standard InChI is InChI=1S/C17H15ClF3N3O3/c18-14-15(9-1-2-9)24(23-16(14)17(19,20)21)8-13(25)22-10-3-4-11-12(7-10)27-6-5-26-11/h3-4,7,9H,1-2,5-6,8H2,(H,22,25). The Morgan fingerprint density at radius 3 is 2.63 bits per heavy atom. The molecule has 0 radical (unpaired) electrons. The van der Waals surface area contributed by atoms with Crippen LogP contribution in [0.4, 0.5) is 18.9 Å². The highest BCUT2D eigenvalue weighted by Gasteiger charge is 2.42. The number of nitrogens with zero attached hydrogens (tertiary/aromatic N) is 2. The van der Waals surface area contributed by atoms with Crippen molar-refractivity contribution < 1.29 is 27.4 Å². The van der Waals surface area contributed by atoms with Crippen molar-refractivity contribution >= 4 is 23.2 Å². The van der Waals surface area contributed by atoms with Crippen LogP contribution in [0.5, 0.6) is 11.5 Å². The van der Waals surface area contributed by atoms with Crippen molar-refractivity contribution in [1.82, 2.24) is 9.78 Å². The second-order valence-electron chi connectivity index (χ2n) is 6.38. The Labute approximate surface area is 157 Å². The van der Waals surface area contributed by atoms with Gasteiger partial charge in [-0.25, -0.2) is 0 Å². The molecule has 0 saturated heterocycles. The monoisotopic (exact) mass is 401 g/mol. The van der Waals surface area contributed by atoms with Gasteiger partial charge in [0.1, 0.15) is 19.8 Å². The summed E-state index contributed by atoms with van der Waals surface area (Å²) in [5.74, 6) is 0.466. The number of aromatic nitrogens is 2. The molecule has 0 spiro atoms. The van der Waals surface area contributed by atoms with Crippen molar-refractivity contribution in [2.45, 2.75) is 31.5 Å². The van der Waals surface area contributed by atoms with Gasteiger partial charge in [0.25, 0.3) is 0 Å². The smallest absolute Gasteiger partial charge is 0.436 e. The number of nitrogens with one attached hydrogen (secondary N) is 1. The topological polar surface area (TPSA) is 65.4 Å². The molecule has 10 heteroatoms. The SMILES string of the molecule is O=C(Cn1nc(C(F)(F)F)c(Cl)c1C1CC1)Nc1ccc2c(c1)OCCO2. The van der Waals surface area contributed by atoms with Crippen molar-refractivity contribution in [1.29, 1.82) is 0 Å². The molecule has 1 aliphatic carbocycles. The Morgan fingerprint density at radius 2 is 1.96 bits per heavy atom. The molecule has 0 atom stereocenters. The number of halogens is 4. The molecule has 0 unspecified atom stereocenters. The van der Waals surface area contributed by atoms with Crippen LogP contribution in [-0.4, -0.2) is 28.9 Å². The molecule has 144 valence electrons. The first-order chi connectivity index (χ1) is 12.8. The Morgan fingerprint density at radius 1 is 1.26 bits per heavy atom. The third-order valence-electron chi connectivity index (χ3n) is 4.28. The maximum Gasteiger partial charge on any atom is 0.436 e. The van der Waals surface area contributed by atoms with E-state index < -0.39 is 22.8 Å². The average Bonchev–Trinajstić information content (AvgIpc) is 3.38. The number of carbonyl (C=O) groups is 1. The molecule has 1 saturated carbocycles. The number of anilines is 1. The van der Waals surface area contributed by atoms with Gasteiger partial charge in [-0.2, -0.15) is 18.3 Å². The third kappa shape index (κ3) is 3.69. The Balaban J connectivity index is 1.53. The lowest BCUT2D eigenvalue weighted by molar-refractivity contribution is -0.141. The largest absolute Gasteiger partial charge is 0.486 e. The van der Waals surface area contributed by atoms with E-state index in [-0.39, 0.29) is 18.2 Å². The van der Waals surface area contributed by atoms with Crippen LogP contribution >= 0.6 is 11.6 Å². The number of fused-ring (bicyclic) bond motifs is 1. The van der Waals surface area contributed by atoms with E-state index in [9.17, 15) is 18.0 Å². The van der Waals surface area contributed by atoms with Crippen molar-refractivity contribution in [3.8, 4) is 11.5 Å². The number of carbonyl (C=O) groups excluding carboxylic acids is 1. The van der Waals surface area contributed by atoms with Gasteiger partial charge in [0.2, 0.25) is 5.91 Å². The molecule has 2 heterocycles. The molecule has 0 bridgehead atoms. The Hall–Kier alpha value is -2.42. The van der Waals surface area contributed by atoms with Gasteiger partial charge in [-0.05, 0) is 25.0 Å². The second kappa shape index (κ2) is 6.63.